The maximum Gasteiger partial charge on any atom is 0.284 e. The SMILES string of the molecule is COc1ccc(C(=O)[C@@H](Sc2nnc(-c3ccco3)o2)c2ccc(OC)cc2)cc1. The van der Waals surface area contributed by atoms with Gasteiger partial charge in [0, 0.05) is 5.56 Å². The maximum atomic E-state index is 13.3. The number of benzene rings is 2. The van der Waals surface area contributed by atoms with Gasteiger partial charge in [0.2, 0.25) is 0 Å². The molecular weight excluding hydrogens is 404 g/mol. The predicted octanol–water partition coefficient (Wildman–Crippen LogP) is 5.06. The van der Waals surface area contributed by atoms with Crippen molar-refractivity contribution >= 4 is 17.5 Å². The number of thioether (sulfide) groups is 1. The summed E-state index contributed by atoms with van der Waals surface area (Å²) in [4.78, 5) is 13.3. The normalized spacial score (nSPS) is 11.8. The highest BCUT2D eigenvalue weighted by Gasteiger charge is 2.26. The third-order valence-corrected chi connectivity index (χ3v) is 5.48. The van der Waals surface area contributed by atoms with E-state index < -0.39 is 5.25 Å². The zero-order chi connectivity index (χ0) is 20.9. The van der Waals surface area contributed by atoms with Gasteiger partial charge in [0.25, 0.3) is 11.1 Å². The summed E-state index contributed by atoms with van der Waals surface area (Å²) in [7, 11) is 3.18. The number of ketones is 1. The molecule has 2 aromatic heterocycles. The topological polar surface area (TPSA) is 87.6 Å². The maximum absolute atomic E-state index is 13.3. The first-order valence-electron chi connectivity index (χ1n) is 9.04. The van der Waals surface area contributed by atoms with Gasteiger partial charge in [-0.15, -0.1) is 10.2 Å². The van der Waals surface area contributed by atoms with Gasteiger partial charge in [-0.25, -0.2) is 0 Å². The minimum Gasteiger partial charge on any atom is -0.497 e. The number of hydrogen-bond donors (Lipinski definition) is 0. The number of rotatable bonds is 8. The zero-order valence-corrected chi connectivity index (χ0v) is 17.1. The van der Waals surface area contributed by atoms with Crippen LogP contribution in [0.25, 0.3) is 11.7 Å². The number of methoxy groups -OCH3 is 2. The second-order valence-electron chi connectivity index (χ2n) is 6.21. The summed E-state index contributed by atoms with van der Waals surface area (Å²) < 4.78 is 21.4. The summed E-state index contributed by atoms with van der Waals surface area (Å²) >= 11 is 1.18. The van der Waals surface area contributed by atoms with E-state index in [2.05, 4.69) is 10.2 Å². The standard InChI is InChI=1S/C22H18N2O5S/c1-26-16-9-5-14(6-10-16)19(25)20(15-7-11-17(27-2)12-8-15)30-22-24-23-21(29-22)18-4-3-13-28-18/h3-13,20H,1-2H3/t20-/m0/s1. The minimum absolute atomic E-state index is 0.0921. The Hall–Kier alpha value is -3.52. The van der Waals surface area contributed by atoms with E-state index in [9.17, 15) is 4.79 Å². The van der Waals surface area contributed by atoms with Crippen LogP contribution in [0.2, 0.25) is 0 Å². The molecule has 0 N–H and O–H groups in total. The second-order valence-corrected chi connectivity index (χ2v) is 7.27. The van der Waals surface area contributed by atoms with Gasteiger partial charge in [0.15, 0.2) is 11.5 Å². The number of nitrogens with zero attached hydrogens (tertiary/aromatic N) is 2. The summed E-state index contributed by atoms with van der Waals surface area (Å²) in [5.41, 5.74) is 1.34. The van der Waals surface area contributed by atoms with Crippen LogP contribution in [-0.2, 0) is 0 Å². The smallest absolute Gasteiger partial charge is 0.284 e. The number of carbonyl (C=O) groups excluding carboxylic acids is 1. The third kappa shape index (κ3) is 4.23. The van der Waals surface area contributed by atoms with Crippen LogP contribution in [0.15, 0.2) is 81.0 Å². The summed E-state index contributed by atoms with van der Waals surface area (Å²) in [5, 5.41) is 7.75. The second kappa shape index (κ2) is 8.87. The van der Waals surface area contributed by atoms with Gasteiger partial charge in [-0.3, -0.25) is 4.79 Å². The highest BCUT2D eigenvalue weighted by Crippen LogP contribution is 2.38. The Labute approximate surface area is 177 Å². The Kier molecular flexibility index (Phi) is 5.85. The Balaban J connectivity index is 1.64. The molecule has 2 aromatic carbocycles. The zero-order valence-electron chi connectivity index (χ0n) is 16.3. The molecule has 0 bridgehead atoms. The molecule has 0 aliphatic carbocycles. The fourth-order valence-electron chi connectivity index (χ4n) is 2.82. The fourth-order valence-corrected chi connectivity index (χ4v) is 3.77. The fraction of sp³-hybridized carbons (Fsp3) is 0.136. The van der Waals surface area contributed by atoms with Crippen LogP contribution in [0.4, 0.5) is 0 Å². The van der Waals surface area contributed by atoms with E-state index in [1.165, 1.54) is 18.0 Å². The molecule has 0 saturated heterocycles. The van der Waals surface area contributed by atoms with Crippen LogP contribution >= 0.6 is 11.8 Å². The van der Waals surface area contributed by atoms with Gasteiger partial charge in [0.1, 0.15) is 16.7 Å². The van der Waals surface area contributed by atoms with Gasteiger partial charge < -0.3 is 18.3 Å². The van der Waals surface area contributed by atoms with Crippen LogP contribution in [0, 0.1) is 0 Å². The van der Waals surface area contributed by atoms with E-state index in [1.54, 1.807) is 50.6 Å². The van der Waals surface area contributed by atoms with E-state index in [1.807, 2.05) is 24.3 Å². The molecular formula is C22H18N2O5S. The Morgan fingerprint density at radius 1 is 0.933 bits per heavy atom. The van der Waals surface area contributed by atoms with E-state index in [4.69, 9.17) is 18.3 Å². The molecule has 0 amide bonds. The lowest BCUT2D eigenvalue weighted by Gasteiger charge is -2.15. The highest BCUT2D eigenvalue weighted by atomic mass is 32.2. The monoisotopic (exact) mass is 422 g/mol. The lowest BCUT2D eigenvalue weighted by molar-refractivity contribution is 0.0989. The predicted molar refractivity (Wildman–Crippen MR) is 111 cm³/mol. The lowest BCUT2D eigenvalue weighted by atomic mass is 10.0. The third-order valence-electron chi connectivity index (χ3n) is 4.39. The van der Waals surface area contributed by atoms with Crippen LogP contribution < -0.4 is 9.47 Å². The van der Waals surface area contributed by atoms with Crippen molar-refractivity contribution in [1.29, 1.82) is 0 Å². The van der Waals surface area contributed by atoms with Crippen molar-refractivity contribution in [2.45, 2.75) is 10.5 Å². The molecule has 0 saturated carbocycles. The molecule has 4 rings (SSSR count). The summed E-state index contributed by atoms with van der Waals surface area (Å²) in [6, 6.07) is 17.8. The van der Waals surface area contributed by atoms with Crippen molar-refractivity contribution in [3.05, 3.63) is 78.1 Å². The first-order chi connectivity index (χ1) is 14.7. The van der Waals surface area contributed by atoms with Crippen molar-refractivity contribution < 1.29 is 23.1 Å². The van der Waals surface area contributed by atoms with Crippen molar-refractivity contribution in [2.24, 2.45) is 0 Å². The number of Topliss-reactive ketones (excluding diaryl/α,β-unsaturated/α-hetero) is 1. The van der Waals surface area contributed by atoms with Crippen LogP contribution in [-0.4, -0.2) is 30.2 Å². The van der Waals surface area contributed by atoms with Gasteiger partial charge >= 0.3 is 0 Å². The van der Waals surface area contributed by atoms with E-state index in [-0.39, 0.29) is 16.9 Å². The van der Waals surface area contributed by atoms with E-state index in [0.29, 0.717) is 22.8 Å². The molecule has 7 nitrogen and oxygen atoms in total. The van der Waals surface area contributed by atoms with Gasteiger partial charge in [0.05, 0.1) is 20.5 Å². The molecule has 0 unspecified atom stereocenters. The van der Waals surface area contributed by atoms with Gasteiger partial charge in [-0.2, -0.15) is 0 Å². The Bertz CT molecular complexity index is 1110. The number of furan rings is 1. The Morgan fingerprint density at radius 2 is 1.60 bits per heavy atom. The number of carbonyl (C=O) groups is 1. The summed E-state index contributed by atoms with van der Waals surface area (Å²) in [6.07, 6.45) is 1.53. The first-order valence-corrected chi connectivity index (χ1v) is 9.92. The number of aromatic nitrogens is 2. The quantitative estimate of drug-likeness (QED) is 0.287. The largest absolute Gasteiger partial charge is 0.497 e. The molecule has 8 heteroatoms. The van der Waals surface area contributed by atoms with Crippen molar-refractivity contribution in [3.63, 3.8) is 0 Å². The van der Waals surface area contributed by atoms with Crippen LogP contribution in [0.1, 0.15) is 21.2 Å². The van der Waals surface area contributed by atoms with Gasteiger partial charge in [-0.05, 0) is 65.9 Å². The summed E-state index contributed by atoms with van der Waals surface area (Å²) in [5.74, 6) is 2.02. The van der Waals surface area contributed by atoms with Crippen LogP contribution in [0.3, 0.4) is 0 Å². The van der Waals surface area contributed by atoms with Crippen LogP contribution in [0.5, 0.6) is 11.5 Å². The average Bonchev–Trinajstić information content (AvgIpc) is 3.49. The van der Waals surface area contributed by atoms with E-state index in [0.717, 1.165) is 5.56 Å². The molecule has 0 radical (unpaired) electrons. The molecule has 2 heterocycles. The molecule has 1 atom stereocenters. The highest BCUT2D eigenvalue weighted by molar-refractivity contribution is 8.00. The molecule has 0 fully saturated rings. The lowest BCUT2D eigenvalue weighted by Crippen LogP contribution is -2.10. The molecule has 152 valence electrons. The Morgan fingerprint density at radius 3 is 2.20 bits per heavy atom. The molecule has 0 aliphatic rings. The minimum atomic E-state index is -0.589. The average molecular weight is 422 g/mol. The van der Waals surface area contributed by atoms with Gasteiger partial charge in [-0.1, -0.05) is 12.1 Å². The summed E-state index contributed by atoms with van der Waals surface area (Å²) in [6.45, 7) is 0. The van der Waals surface area contributed by atoms with E-state index >= 15 is 0 Å². The first kappa shape index (κ1) is 19.8. The van der Waals surface area contributed by atoms with Crippen molar-refractivity contribution in [2.75, 3.05) is 14.2 Å². The molecule has 30 heavy (non-hydrogen) atoms. The molecule has 4 aromatic rings. The number of ether oxygens (including phenoxy) is 2. The van der Waals surface area contributed by atoms with Crippen molar-refractivity contribution in [3.8, 4) is 23.1 Å². The molecule has 0 aliphatic heterocycles. The molecule has 0 spiro atoms. The number of hydrogen-bond acceptors (Lipinski definition) is 8. The van der Waals surface area contributed by atoms with Crippen molar-refractivity contribution in [1.82, 2.24) is 10.2 Å².